The van der Waals surface area contributed by atoms with Gasteiger partial charge in [0.2, 0.25) is 0 Å². The fraction of sp³-hybridized carbons (Fsp3) is 0.750. The van der Waals surface area contributed by atoms with Gasteiger partial charge in [-0.3, -0.25) is 0 Å². The molecule has 0 bridgehead atoms. The molecule has 0 spiro atoms. The molecule has 0 aliphatic rings. The molecule has 3 nitrogen and oxygen atoms in total. The van der Waals surface area contributed by atoms with Crippen LogP contribution < -0.4 is 5.32 Å². The molecule has 86 valence electrons. The van der Waals surface area contributed by atoms with Crippen LogP contribution in [-0.2, 0) is 13.0 Å². The predicted octanol–water partition coefficient (Wildman–Crippen LogP) is 2.76. The molecule has 0 amide bonds. The van der Waals surface area contributed by atoms with Crippen LogP contribution in [0, 0.1) is 5.92 Å². The summed E-state index contributed by atoms with van der Waals surface area (Å²) in [5.41, 5.74) is 1.03. The zero-order valence-electron chi connectivity index (χ0n) is 10.2. The standard InChI is InChI=1S/C12H22N2O/c1-5-9(3)10(4)13-8-12-7-11(6-2)14-15-12/h7,9-10,13H,5-6,8H2,1-4H3. The monoisotopic (exact) mass is 210 g/mol. The zero-order valence-corrected chi connectivity index (χ0v) is 10.2. The predicted molar refractivity (Wildman–Crippen MR) is 61.6 cm³/mol. The Kier molecular flexibility index (Phi) is 4.82. The molecule has 1 aromatic heterocycles. The minimum absolute atomic E-state index is 0.519. The van der Waals surface area contributed by atoms with Crippen LogP contribution in [0.4, 0.5) is 0 Å². The summed E-state index contributed by atoms with van der Waals surface area (Å²) in [5.74, 6) is 1.63. The van der Waals surface area contributed by atoms with Crippen molar-refractivity contribution in [2.45, 2.75) is 53.1 Å². The first-order chi connectivity index (χ1) is 7.17. The minimum atomic E-state index is 0.519. The van der Waals surface area contributed by atoms with Crippen molar-refractivity contribution in [1.82, 2.24) is 10.5 Å². The smallest absolute Gasteiger partial charge is 0.150 e. The van der Waals surface area contributed by atoms with Crippen molar-refractivity contribution < 1.29 is 4.52 Å². The molecule has 0 aliphatic carbocycles. The van der Waals surface area contributed by atoms with Crippen LogP contribution in [0.15, 0.2) is 10.6 Å². The second-order valence-electron chi connectivity index (χ2n) is 4.19. The minimum Gasteiger partial charge on any atom is -0.360 e. The van der Waals surface area contributed by atoms with Crippen LogP contribution >= 0.6 is 0 Å². The van der Waals surface area contributed by atoms with E-state index in [1.54, 1.807) is 0 Å². The number of hydrogen-bond donors (Lipinski definition) is 1. The fourth-order valence-corrected chi connectivity index (χ4v) is 1.42. The maximum absolute atomic E-state index is 5.21. The molecule has 1 heterocycles. The molecule has 1 N–H and O–H groups in total. The summed E-state index contributed by atoms with van der Waals surface area (Å²) in [7, 11) is 0. The average Bonchev–Trinajstić information content (AvgIpc) is 2.72. The topological polar surface area (TPSA) is 38.1 Å². The third-order valence-corrected chi connectivity index (χ3v) is 3.07. The summed E-state index contributed by atoms with van der Waals surface area (Å²) in [6, 6.07) is 2.54. The van der Waals surface area contributed by atoms with Gasteiger partial charge in [0, 0.05) is 12.1 Å². The first-order valence-electron chi connectivity index (χ1n) is 5.85. The molecule has 0 aromatic carbocycles. The SMILES string of the molecule is CCc1cc(CNC(C)C(C)CC)on1. The van der Waals surface area contributed by atoms with Gasteiger partial charge in [-0.15, -0.1) is 0 Å². The van der Waals surface area contributed by atoms with Crippen molar-refractivity contribution in [2.24, 2.45) is 5.92 Å². The lowest BCUT2D eigenvalue weighted by Crippen LogP contribution is -2.31. The molecule has 15 heavy (non-hydrogen) atoms. The van der Waals surface area contributed by atoms with Crippen LogP contribution in [-0.4, -0.2) is 11.2 Å². The lowest BCUT2D eigenvalue weighted by molar-refractivity contribution is 0.336. The Balaban J connectivity index is 2.36. The molecule has 3 heteroatoms. The zero-order chi connectivity index (χ0) is 11.3. The van der Waals surface area contributed by atoms with E-state index in [0.29, 0.717) is 12.0 Å². The van der Waals surface area contributed by atoms with Gasteiger partial charge in [-0.2, -0.15) is 0 Å². The van der Waals surface area contributed by atoms with Gasteiger partial charge >= 0.3 is 0 Å². The molecule has 0 saturated heterocycles. The number of nitrogens with one attached hydrogen (secondary N) is 1. The third-order valence-electron chi connectivity index (χ3n) is 3.07. The molecule has 0 aliphatic heterocycles. The summed E-state index contributed by atoms with van der Waals surface area (Å²) >= 11 is 0. The van der Waals surface area contributed by atoms with E-state index in [-0.39, 0.29) is 0 Å². The van der Waals surface area contributed by atoms with Crippen LogP contribution in [0.25, 0.3) is 0 Å². The average molecular weight is 210 g/mol. The molecule has 2 unspecified atom stereocenters. The number of nitrogens with zero attached hydrogens (tertiary/aromatic N) is 1. The van der Waals surface area contributed by atoms with E-state index >= 15 is 0 Å². The fourth-order valence-electron chi connectivity index (χ4n) is 1.42. The highest BCUT2D eigenvalue weighted by atomic mass is 16.5. The molecular formula is C12H22N2O. The Morgan fingerprint density at radius 2 is 2.13 bits per heavy atom. The molecule has 0 radical (unpaired) electrons. The van der Waals surface area contributed by atoms with Crippen LogP contribution in [0.3, 0.4) is 0 Å². The lowest BCUT2D eigenvalue weighted by atomic mass is 10.0. The molecular weight excluding hydrogens is 188 g/mol. The van der Waals surface area contributed by atoms with E-state index in [1.165, 1.54) is 6.42 Å². The van der Waals surface area contributed by atoms with Gasteiger partial charge in [0.05, 0.1) is 12.2 Å². The van der Waals surface area contributed by atoms with Gasteiger partial charge in [-0.1, -0.05) is 32.3 Å². The maximum Gasteiger partial charge on any atom is 0.150 e. The van der Waals surface area contributed by atoms with Gasteiger partial charge in [-0.05, 0) is 19.3 Å². The number of hydrogen-bond acceptors (Lipinski definition) is 3. The van der Waals surface area contributed by atoms with Crippen LogP contribution in [0.5, 0.6) is 0 Å². The first kappa shape index (κ1) is 12.2. The van der Waals surface area contributed by atoms with E-state index in [2.05, 4.69) is 38.2 Å². The Morgan fingerprint density at radius 1 is 1.40 bits per heavy atom. The highest BCUT2D eigenvalue weighted by Crippen LogP contribution is 2.09. The number of rotatable bonds is 6. The maximum atomic E-state index is 5.21. The Labute approximate surface area is 92.2 Å². The Morgan fingerprint density at radius 3 is 2.67 bits per heavy atom. The molecule has 2 atom stereocenters. The summed E-state index contributed by atoms with van der Waals surface area (Å²) in [5, 5.41) is 7.42. The highest BCUT2D eigenvalue weighted by molar-refractivity contribution is 5.04. The summed E-state index contributed by atoms with van der Waals surface area (Å²) < 4.78 is 5.21. The summed E-state index contributed by atoms with van der Waals surface area (Å²) in [4.78, 5) is 0. The summed E-state index contributed by atoms with van der Waals surface area (Å²) in [6.07, 6.45) is 2.13. The largest absolute Gasteiger partial charge is 0.360 e. The second kappa shape index (κ2) is 5.91. The normalized spacial score (nSPS) is 15.2. The van der Waals surface area contributed by atoms with E-state index in [9.17, 15) is 0 Å². The van der Waals surface area contributed by atoms with E-state index in [0.717, 1.165) is 24.4 Å². The number of aromatic nitrogens is 1. The summed E-state index contributed by atoms with van der Waals surface area (Å²) in [6.45, 7) is 9.54. The Hall–Kier alpha value is -0.830. The quantitative estimate of drug-likeness (QED) is 0.784. The third kappa shape index (κ3) is 3.67. The van der Waals surface area contributed by atoms with Gasteiger partial charge in [0.15, 0.2) is 5.76 Å². The molecule has 1 rings (SSSR count). The molecule has 0 fully saturated rings. The second-order valence-corrected chi connectivity index (χ2v) is 4.19. The van der Waals surface area contributed by atoms with Gasteiger partial charge < -0.3 is 9.84 Å². The van der Waals surface area contributed by atoms with Crippen molar-refractivity contribution in [1.29, 1.82) is 0 Å². The van der Waals surface area contributed by atoms with Crippen molar-refractivity contribution in [2.75, 3.05) is 0 Å². The molecule has 1 aromatic rings. The molecule has 0 saturated carbocycles. The van der Waals surface area contributed by atoms with Gasteiger partial charge in [-0.25, -0.2) is 0 Å². The first-order valence-corrected chi connectivity index (χ1v) is 5.85. The van der Waals surface area contributed by atoms with Crippen LogP contribution in [0.1, 0.15) is 45.6 Å². The van der Waals surface area contributed by atoms with Crippen molar-refractivity contribution in [3.05, 3.63) is 17.5 Å². The lowest BCUT2D eigenvalue weighted by Gasteiger charge is -2.18. The van der Waals surface area contributed by atoms with Crippen molar-refractivity contribution in [3.63, 3.8) is 0 Å². The van der Waals surface area contributed by atoms with Crippen LogP contribution in [0.2, 0.25) is 0 Å². The number of aryl methyl sites for hydroxylation is 1. The van der Waals surface area contributed by atoms with E-state index in [4.69, 9.17) is 4.52 Å². The van der Waals surface area contributed by atoms with E-state index in [1.807, 2.05) is 6.07 Å². The van der Waals surface area contributed by atoms with Gasteiger partial charge in [0.25, 0.3) is 0 Å². The van der Waals surface area contributed by atoms with E-state index < -0.39 is 0 Å². The van der Waals surface area contributed by atoms with Crippen molar-refractivity contribution >= 4 is 0 Å². The Bertz CT molecular complexity index is 283. The van der Waals surface area contributed by atoms with Gasteiger partial charge in [0.1, 0.15) is 0 Å². The highest BCUT2D eigenvalue weighted by Gasteiger charge is 2.10. The van der Waals surface area contributed by atoms with Crippen molar-refractivity contribution in [3.8, 4) is 0 Å².